The largest absolute Gasteiger partial charge is 0.573 e. The first-order valence-corrected chi connectivity index (χ1v) is 10.9. The first kappa shape index (κ1) is 24.0. The summed E-state index contributed by atoms with van der Waals surface area (Å²) in [6.45, 7) is 5.48. The van der Waals surface area contributed by atoms with Crippen molar-refractivity contribution in [3.8, 4) is 17.2 Å². The van der Waals surface area contributed by atoms with Crippen molar-refractivity contribution < 1.29 is 22.6 Å². The number of pyridine rings is 1. The third kappa shape index (κ3) is 4.74. The minimum absolute atomic E-state index is 0.184. The molecule has 0 spiro atoms. The molecule has 0 aliphatic heterocycles. The highest BCUT2D eigenvalue weighted by Gasteiger charge is 2.35. The summed E-state index contributed by atoms with van der Waals surface area (Å²) in [5.74, 6) is -0.00770. The van der Waals surface area contributed by atoms with E-state index in [1.807, 2.05) is 30.5 Å². The van der Waals surface area contributed by atoms with Gasteiger partial charge in [-0.3, -0.25) is 9.36 Å². The van der Waals surface area contributed by atoms with Gasteiger partial charge in [0.15, 0.2) is 5.75 Å². The van der Waals surface area contributed by atoms with Gasteiger partial charge in [-0.15, -0.1) is 13.2 Å². The van der Waals surface area contributed by atoms with Crippen molar-refractivity contribution >= 4 is 23.2 Å². The zero-order valence-corrected chi connectivity index (χ0v) is 19.8. The van der Waals surface area contributed by atoms with Gasteiger partial charge in [0.1, 0.15) is 11.5 Å². The van der Waals surface area contributed by atoms with Gasteiger partial charge in [-0.05, 0) is 63.3 Å². The number of aromatic nitrogens is 2. The molecule has 4 rings (SSSR count). The van der Waals surface area contributed by atoms with Crippen LogP contribution < -0.4 is 10.3 Å². The molecular formula is C24H19Cl2F3N2O3. The van der Waals surface area contributed by atoms with Crippen LogP contribution in [0.1, 0.15) is 18.3 Å². The Hall–Kier alpha value is -3.10. The molecule has 1 unspecified atom stereocenters. The van der Waals surface area contributed by atoms with Crippen molar-refractivity contribution in [1.82, 2.24) is 9.13 Å². The maximum atomic E-state index is 12.6. The Morgan fingerprint density at radius 1 is 1.00 bits per heavy atom. The van der Waals surface area contributed by atoms with Gasteiger partial charge in [-0.1, -0.05) is 29.3 Å². The molecule has 0 radical (unpaired) electrons. The second kappa shape index (κ2) is 8.60. The first-order valence-electron chi connectivity index (χ1n) is 10.1. The topological polar surface area (TPSA) is 45.4 Å². The summed E-state index contributed by atoms with van der Waals surface area (Å²) in [6, 6.07) is 10.0. The summed E-state index contributed by atoms with van der Waals surface area (Å²) in [4.78, 5) is 12.5. The predicted octanol–water partition coefficient (Wildman–Crippen LogP) is 7.06. The van der Waals surface area contributed by atoms with Gasteiger partial charge in [-0.25, -0.2) is 0 Å². The molecule has 1 aliphatic rings. The molecule has 10 heteroatoms. The van der Waals surface area contributed by atoms with Crippen LogP contribution in [0.2, 0.25) is 10.0 Å². The summed E-state index contributed by atoms with van der Waals surface area (Å²) in [7, 11) is 0. The SMILES string of the molecule is Cc1ccc(C)n1-c1cc(Cl)c(Oc2ccc(=O)n(C3(C)C=CC(OC(F)(F)F)=C3)c2)c(Cl)c1. The molecule has 1 aromatic carbocycles. The van der Waals surface area contributed by atoms with E-state index >= 15 is 0 Å². The average Bonchev–Trinajstić information content (AvgIpc) is 3.26. The van der Waals surface area contributed by atoms with Gasteiger partial charge < -0.3 is 14.0 Å². The van der Waals surface area contributed by atoms with Crippen LogP contribution in [0, 0.1) is 13.8 Å². The number of halogens is 5. The van der Waals surface area contributed by atoms with E-state index in [4.69, 9.17) is 27.9 Å². The predicted molar refractivity (Wildman–Crippen MR) is 124 cm³/mol. The standard InChI is InChI=1S/C24H19Cl2F3N2O3/c1-14-4-5-15(2)31(14)16-10-19(25)22(20(26)11-16)33-18-6-7-21(32)30(13-18)23(3)9-8-17(12-23)34-24(27,28)29/h4-13H,1-3H3. The highest BCUT2D eigenvalue weighted by molar-refractivity contribution is 6.37. The second-order valence-electron chi connectivity index (χ2n) is 8.02. The molecule has 1 aliphatic carbocycles. The van der Waals surface area contributed by atoms with E-state index in [0.29, 0.717) is 0 Å². The van der Waals surface area contributed by atoms with E-state index in [0.717, 1.165) is 23.2 Å². The quantitative estimate of drug-likeness (QED) is 0.369. The fraction of sp³-hybridized carbons (Fsp3) is 0.208. The van der Waals surface area contributed by atoms with Crippen LogP contribution in [-0.4, -0.2) is 15.5 Å². The molecule has 1 atom stereocenters. The van der Waals surface area contributed by atoms with E-state index in [-0.39, 0.29) is 21.5 Å². The smallest absolute Gasteiger partial charge is 0.453 e. The third-order valence-electron chi connectivity index (χ3n) is 5.39. The van der Waals surface area contributed by atoms with E-state index in [2.05, 4.69) is 4.74 Å². The number of benzene rings is 1. The normalized spacial score (nSPS) is 17.7. The molecule has 5 nitrogen and oxygen atoms in total. The van der Waals surface area contributed by atoms with Gasteiger partial charge >= 0.3 is 6.36 Å². The lowest BCUT2D eigenvalue weighted by Crippen LogP contribution is -2.34. The average molecular weight is 511 g/mol. The van der Waals surface area contributed by atoms with Crippen molar-refractivity contribution in [1.29, 1.82) is 0 Å². The maximum Gasteiger partial charge on any atom is 0.573 e. The lowest BCUT2D eigenvalue weighted by atomic mass is 10.0. The number of alkyl halides is 3. The Bertz CT molecular complexity index is 1350. The molecule has 0 bridgehead atoms. The van der Waals surface area contributed by atoms with Crippen LogP contribution in [0.3, 0.4) is 0 Å². The summed E-state index contributed by atoms with van der Waals surface area (Å²) in [6.07, 6.45) is 0.318. The van der Waals surface area contributed by atoms with Crippen LogP contribution in [0.15, 0.2) is 71.4 Å². The molecule has 2 heterocycles. The van der Waals surface area contributed by atoms with Crippen LogP contribution in [0.5, 0.6) is 11.5 Å². The summed E-state index contributed by atoms with van der Waals surface area (Å²) in [5, 5.41) is 0.501. The van der Waals surface area contributed by atoms with Crippen molar-refractivity contribution in [2.45, 2.75) is 32.7 Å². The Kier molecular flexibility index (Phi) is 6.08. The summed E-state index contributed by atoms with van der Waals surface area (Å²) >= 11 is 13.0. The summed E-state index contributed by atoms with van der Waals surface area (Å²) in [5.41, 5.74) is 1.13. The maximum absolute atomic E-state index is 12.6. The molecule has 178 valence electrons. The highest BCUT2D eigenvalue weighted by Crippen LogP contribution is 2.39. The van der Waals surface area contributed by atoms with E-state index < -0.39 is 23.2 Å². The number of ether oxygens (including phenoxy) is 2. The third-order valence-corrected chi connectivity index (χ3v) is 5.95. The number of rotatable bonds is 5. The van der Waals surface area contributed by atoms with Gasteiger partial charge in [0.2, 0.25) is 0 Å². The molecule has 3 aromatic rings. The monoisotopic (exact) mass is 510 g/mol. The van der Waals surface area contributed by atoms with Crippen molar-refractivity contribution in [2.24, 2.45) is 0 Å². The van der Waals surface area contributed by atoms with Gasteiger partial charge in [0.05, 0.1) is 21.8 Å². The van der Waals surface area contributed by atoms with Crippen molar-refractivity contribution in [3.05, 3.63) is 98.4 Å². The van der Waals surface area contributed by atoms with Crippen molar-refractivity contribution in [3.63, 3.8) is 0 Å². The molecular weight excluding hydrogens is 492 g/mol. The highest BCUT2D eigenvalue weighted by atomic mass is 35.5. The lowest BCUT2D eigenvalue weighted by molar-refractivity contribution is -0.303. The number of hydrogen-bond donors (Lipinski definition) is 0. The molecule has 2 aromatic heterocycles. The molecule has 0 saturated heterocycles. The zero-order chi connectivity index (χ0) is 24.8. The summed E-state index contributed by atoms with van der Waals surface area (Å²) < 4.78 is 50.8. The molecule has 34 heavy (non-hydrogen) atoms. The first-order chi connectivity index (χ1) is 15.9. The van der Waals surface area contributed by atoms with E-state index in [1.54, 1.807) is 19.1 Å². The lowest BCUT2D eigenvalue weighted by Gasteiger charge is -2.23. The Labute approximate surface area is 203 Å². The fourth-order valence-corrected chi connectivity index (χ4v) is 4.41. The zero-order valence-electron chi connectivity index (χ0n) is 18.3. The van der Waals surface area contributed by atoms with E-state index in [9.17, 15) is 18.0 Å². The molecule has 0 fully saturated rings. The second-order valence-corrected chi connectivity index (χ2v) is 8.83. The Morgan fingerprint density at radius 3 is 2.21 bits per heavy atom. The number of allylic oxidation sites excluding steroid dienone is 3. The number of hydrogen-bond acceptors (Lipinski definition) is 3. The van der Waals surface area contributed by atoms with Crippen LogP contribution in [0.25, 0.3) is 5.69 Å². The van der Waals surface area contributed by atoms with Crippen molar-refractivity contribution in [2.75, 3.05) is 0 Å². The Balaban J connectivity index is 1.66. The van der Waals surface area contributed by atoms with Crippen LogP contribution >= 0.6 is 23.2 Å². The van der Waals surface area contributed by atoms with Crippen LogP contribution in [-0.2, 0) is 10.3 Å². The molecule has 0 amide bonds. The number of aryl methyl sites for hydroxylation is 2. The van der Waals surface area contributed by atoms with E-state index in [1.165, 1.54) is 35.0 Å². The Morgan fingerprint density at radius 2 is 1.62 bits per heavy atom. The van der Waals surface area contributed by atoms with Gasteiger partial charge in [-0.2, -0.15) is 0 Å². The van der Waals surface area contributed by atoms with Crippen LogP contribution in [0.4, 0.5) is 13.2 Å². The molecule has 0 saturated carbocycles. The minimum atomic E-state index is -4.84. The van der Waals surface area contributed by atoms with Gasteiger partial charge in [0.25, 0.3) is 5.56 Å². The fourth-order valence-electron chi connectivity index (χ4n) is 3.85. The minimum Gasteiger partial charge on any atom is -0.453 e. The number of nitrogens with zero attached hydrogens (tertiary/aromatic N) is 2. The molecule has 0 N–H and O–H groups in total. The van der Waals surface area contributed by atoms with Gasteiger partial charge in [0, 0.05) is 23.1 Å².